The summed E-state index contributed by atoms with van der Waals surface area (Å²) < 4.78 is 9.54. The maximum Gasteiger partial charge on any atom is 0.407 e. The first-order valence-electron chi connectivity index (χ1n) is 16.8. The number of nitrogens with one attached hydrogen (secondary N) is 4. The van der Waals surface area contributed by atoms with Crippen molar-refractivity contribution in [3.8, 4) is 11.3 Å². The van der Waals surface area contributed by atoms with Crippen molar-refractivity contribution in [3.63, 3.8) is 0 Å². The van der Waals surface area contributed by atoms with Gasteiger partial charge < -0.3 is 30.5 Å². The SMILES string of the molecule is COC(=O)NC(C(=O)NN(Cc1ccc(-c2ccccn2)cc1)C[C@H](O)[C@H](Cc1ccccc1)NC(=O)[C@H](NC(=O)OC)C(C)(C)C)C(C)(C)C. The third-order valence-corrected chi connectivity index (χ3v) is 8.21. The summed E-state index contributed by atoms with van der Waals surface area (Å²) in [5.74, 6) is -1.03. The summed E-state index contributed by atoms with van der Waals surface area (Å²) in [5, 5.41) is 21.6. The fourth-order valence-electron chi connectivity index (χ4n) is 5.38. The van der Waals surface area contributed by atoms with Gasteiger partial charge in [-0.05, 0) is 40.5 Å². The van der Waals surface area contributed by atoms with Crippen LogP contribution in [0.15, 0.2) is 79.0 Å². The molecule has 2 aromatic carbocycles. The maximum absolute atomic E-state index is 13.8. The Bertz CT molecular complexity index is 1570. The predicted molar refractivity (Wildman–Crippen MR) is 194 cm³/mol. The van der Waals surface area contributed by atoms with Crippen LogP contribution in [0.5, 0.6) is 0 Å². The molecule has 0 spiro atoms. The Kier molecular flexibility index (Phi) is 14.5. The summed E-state index contributed by atoms with van der Waals surface area (Å²) >= 11 is 0. The number of aliphatic hydroxyl groups is 1. The number of benzene rings is 2. The number of hydrogen-bond donors (Lipinski definition) is 5. The largest absolute Gasteiger partial charge is 0.453 e. The molecule has 3 aromatic rings. The molecule has 13 nitrogen and oxygen atoms in total. The zero-order valence-electron chi connectivity index (χ0n) is 30.7. The van der Waals surface area contributed by atoms with Crippen LogP contribution < -0.4 is 21.4 Å². The predicted octanol–water partition coefficient (Wildman–Crippen LogP) is 4.21. The molecule has 51 heavy (non-hydrogen) atoms. The number of hydrazine groups is 1. The summed E-state index contributed by atoms with van der Waals surface area (Å²) in [6, 6.07) is 19.8. The molecule has 0 bridgehead atoms. The monoisotopic (exact) mass is 704 g/mol. The molecule has 0 aliphatic carbocycles. The summed E-state index contributed by atoms with van der Waals surface area (Å²) in [6.07, 6.45) is -0.778. The molecule has 4 atom stereocenters. The van der Waals surface area contributed by atoms with Gasteiger partial charge in [-0.1, -0.05) is 102 Å². The van der Waals surface area contributed by atoms with E-state index in [0.717, 1.165) is 22.4 Å². The summed E-state index contributed by atoms with van der Waals surface area (Å²) in [7, 11) is 2.44. The van der Waals surface area contributed by atoms with E-state index in [1.807, 2.05) is 93.6 Å². The van der Waals surface area contributed by atoms with Gasteiger partial charge in [0.1, 0.15) is 12.1 Å². The molecule has 4 amide bonds. The molecule has 0 fully saturated rings. The second kappa shape index (κ2) is 18.3. The van der Waals surface area contributed by atoms with Gasteiger partial charge in [-0.15, -0.1) is 0 Å². The number of rotatable bonds is 14. The lowest BCUT2D eigenvalue weighted by molar-refractivity contribution is -0.132. The van der Waals surface area contributed by atoms with Crippen molar-refractivity contribution >= 4 is 24.0 Å². The van der Waals surface area contributed by atoms with Gasteiger partial charge in [0.25, 0.3) is 5.91 Å². The van der Waals surface area contributed by atoms with Gasteiger partial charge in [-0.3, -0.25) is 20.0 Å². The minimum absolute atomic E-state index is 0.120. The van der Waals surface area contributed by atoms with Gasteiger partial charge in [0.15, 0.2) is 0 Å². The molecule has 1 heterocycles. The van der Waals surface area contributed by atoms with Crippen molar-refractivity contribution in [2.24, 2.45) is 10.8 Å². The third-order valence-electron chi connectivity index (χ3n) is 8.21. The number of hydrogen-bond acceptors (Lipinski definition) is 9. The molecular formula is C38H52N6O7. The lowest BCUT2D eigenvalue weighted by Gasteiger charge is -2.35. The van der Waals surface area contributed by atoms with Crippen molar-refractivity contribution in [2.75, 3.05) is 20.8 Å². The smallest absolute Gasteiger partial charge is 0.407 e. The molecule has 5 N–H and O–H groups in total. The number of alkyl carbamates (subject to hydrolysis) is 2. The number of carbonyl (C=O) groups excluding carboxylic acids is 4. The summed E-state index contributed by atoms with van der Waals surface area (Å²) in [5.41, 5.74) is 4.88. The van der Waals surface area contributed by atoms with Crippen LogP contribution in [-0.4, -0.2) is 84.1 Å². The second-order valence-corrected chi connectivity index (χ2v) is 14.5. The molecule has 0 aliphatic heterocycles. The van der Waals surface area contributed by atoms with Crippen molar-refractivity contribution < 1.29 is 33.8 Å². The number of carbonyl (C=O) groups is 4. The van der Waals surface area contributed by atoms with Crippen LogP contribution in [0.2, 0.25) is 0 Å². The first-order valence-corrected chi connectivity index (χ1v) is 16.8. The van der Waals surface area contributed by atoms with Gasteiger partial charge in [-0.25, -0.2) is 14.6 Å². The van der Waals surface area contributed by atoms with Crippen molar-refractivity contribution in [2.45, 2.75) is 78.7 Å². The van der Waals surface area contributed by atoms with Gasteiger partial charge in [0.2, 0.25) is 5.91 Å². The topological polar surface area (TPSA) is 171 Å². The van der Waals surface area contributed by atoms with Crippen molar-refractivity contribution in [1.29, 1.82) is 0 Å². The normalized spacial score (nSPS) is 14.0. The van der Waals surface area contributed by atoms with Crippen LogP contribution >= 0.6 is 0 Å². The Morgan fingerprint density at radius 3 is 1.78 bits per heavy atom. The Morgan fingerprint density at radius 2 is 1.27 bits per heavy atom. The Labute approximate surface area is 300 Å². The number of nitrogens with zero attached hydrogens (tertiary/aromatic N) is 2. The number of ether oxygens (including phenoxy) is 2. The third kappa shape index (κ3) is 12.7. The minimum Gasteiger partial charge on any atom is -0.453 e. The van der Waals surface area contributed by atoms with Gasteiger partial charge >= 0.3 is 12.2 Å². The van der Waals surface area contributed by atoms with E-state index in [-0.39, 0.29) is 19.5 Å². The van der Waals surface area contributed by atoms with Crippen molar-refractivity contribution in [3.05, 3.63) is 90.1 Å². The van der Waals surface area contributed by atoms with E-state index in [1.165, 1.54) is 14.2 Å². The van der Waals surface area contributed by atoms with Crippen molar-refractivity contribution in [1.82, 2.24) is 31.4 Å². The second-order valence-electron chi connectivity index (χ2n) is 14.5. The number of amides is 4. The minimum atomic E-state index is -1.22. The highest BCUT2D eigenvalue weighted by molar-refractivity contribution is 5.87. The molecule has 3 rings (SSSR count). The molecular weight excluding hydrogens is 652 g/mol. The van der Waals surface area contributed by atoms with Gasteiger partial charge in [0.05, 0.1) is 32.1 Å². The van der Waals surface area contributed by atoms with E-state index in [2.05, 4.69) is 26.4 Å². The molecule has 0 radical (unpaired) electrons. The van der Waals surface area contributed by atoms with Crippen LogP contribution in [0.3, 0.4) is 0 Å². The van der Waals surface area contributed by atoms with Crippen LogP contribution in [0.4, 0.5) is 9.59 Å². The van der Waals surface area contributed by atoms with E-state index < -0.39 is 59.1 Å². The highest BCUT2D eigenvalue weighted by Gasteiger charge is 2.37. The van der Waals surface area contributed by atoms with Crippen LogP contribution in [0.1, 0.15) is 52.7 Å². The van der Waals surface area contributed by atoms with E-state index >= 15 is 0 Å². The Morgan fingerprint density at radius 1 is 0.725 bits per heavy atom. The molecule has 0 saturated heterocycles. The summed E-state index contributed by atoms with van der Waals surface area (Å²) in [6.45, 7) is 10.9. The van der Waals surface area contributed by atoms with Crippen LogP contribution in [0.25, 0.3) is 11.3 Å². The zero-order chi connectivity index (χ0) is 37.8. The van der Waals surface area contributed by atoms with Gasteiger partial charge in [0, 0.05) is 24.8 Å². The molecule has 276 valence electrons. The fourth-order valence-corrected chi connectivity index (χ4v) is 5.38. The lowest BCUT2D eigenvalue weighted by atomic mass is 9.85. The van der Waals surface area contributed by atoms with Crippen LogP contribution in [0, 0.1) is 10.8 Å². The first-order chi connectivity index (χ1) is 24.0. The first kappa shape index (κ1) is 40.4. The summed E-state index contributed by atoms with van der Waals surface area (Å²) in [4.78, 5) is 56.3. The van der Waals surface area contributed by atoms with Gasteiger partial charge in [-0.2, -0.15) is 0 Å². The fraction of sp³-hybridized carbons (Fsp3) is 0.447. The molecule has 1 unspecified atom stereocenters. The highest BCUT2D eigenvalue weighted by atomic mass is 16.5. The van der Waals surface area contributed by atoms with E-state index in [1.54, 1.807) is 32.0 Å². The highest BCUT2D eigenvalue weighted by Crippen LogP contribution is 2.23. The zero-order valence-corrected chi connectivity index (χ0v) is 30.7. The maximum atomic E-state index is 13.8. The van der Waals surface area contributed by atoms with E-state index in [9.17, 15) is 24.3 Å². The molecule has 13 heteroatoms. The van der Waals surface area contributed by atoms with E-state index in [0.29, 0.717) is 0 Å². The molecule has 0 aliphatic rings. The van der Waals surface area contributed by atoms with E-state index in [4.69, 9.17) is 9.47 Å². The lowest BCUT2D eigenvalue weighted by Crippen LogP contribution is -2.60. The number of aliphatic hydroxyl groups excluding tert-OH is 1. The number of pyridine rings is 1. The Hall–Kier alpha value is -5.01. The number of aromatic nitrogens is 1. The average Bonchev–Trinajstić information content (AvgIpc) is 3.08. The van der Waals surface area contributed by atoms with Crippen LogP contribution in [-0.2, 0) is 32.0 Å². The Balaban J connectivity index is 1.96. The molecule has 1 aromatic heterocycles. The quantitative estimate of drug-likeness (QED) is 0.154. The standard InChI is InChI=1S/C38H52N6O7/c1-37(2,3)31(41-35(48)50-7)33(46)40-29(22-25-14-10-9-11-15-25)30(45)24-44(43-34(47)32(38(4,5)6)42-36(49)51-8)23-26-17-19-27(20-18-26)28-16-12-13-21-39-28/h9-21,29-32,45H,22-24H2,1-8H3,(H,40,46)(H,41,48)(H,42,49)(H,43,47)/t29-,30-,31-,32?/m0/s1. The molecule has 0 saturated carbocycles. The number of methoxy groups -OCH3 is 2. The average molecular weight is 705 g/mol.